The molecule has 7 nitrogen and oxygen atoms in total. The molecule has 1 aliphatic heterocycles. The van der Waals surface area contributed by atoms with Crippen LogP contribution in [0.15, 0.2) is 24.4 Å². The number of aromatic nitrogens is 2. The Morgan fingerprint density at radius 1 is 1.23 bits per heavy atom. The van der Waals surface area contributed by atoms with Gasteiger partial charge in [0.1, 0.15) is 17.0 Å². The van der Waals surface area contributed by atoms with Crippen LogP contribution < -0.4 is 16.0 Å². The van der Waals surface area contributed by atoms with Crippen LogP contribution in [0.4, 0.5) is 0 Å². The first-order valence-corrected chi connectivity index (χ1v) is 11.7. The summed E-state index contributed by atoms with van der Waals surface area (Å²) in [6, 6.07) is 5.84. The highest BCUT2D eigenvalue weighted by molar-refractivity contribution is 5.95. The molecule has 2 aromatic heterocycles. The van der Waals surface area contributed by atoms with E-state index in [1.54, 1.807) is 16.7 Å². The fourth-order valence-electron chi connectivity index (χ4n) is 5.20. The van der Waals surface area contributed by atoms with Crippen LogP contribution in [0.1, 0.15) is 73.9 Å². The molecular formula is C24H35N5O2. The lowest BCUT2D eigenvalue weighted by atomic mass is 9.98. The zero-order chi connectivity index (χ0) is 22.0. The highest BCUT2D eigenvalue weighted by Crippen LogP contribution is 2.38. The van der Waals surface area contributed by atoms with Crippen molar-refractivity contribution in [1.29, 1.82) is 0 Å². The fraction of sp³-hybridized carbons (Fsp3) is 0.625. The normalized spacial score (nSPS) is 26.8. The second kappa shape index (κ2) is 9.39. The summed E-state index contributed by atoms with van der Waals surface area (Å²) in [6.07, 6.45) is 7.37. The minimum absolute atomic E-state index is 0.107. The average Bonchev–Trinajstić information content (AvgIpc) is 3.46. The van der Waals surface area contributed by atoms with Crippen molar-refractivity contribution >= 4 is 17.5 Å². The number of carbonyl (C=O) groups excluding carboxylic acids is 2. The third kappa shape index (κ3) is 5.09. The summed E-state index contributed by atoms with van der Waals surface area (Å²) in [5.41, 5.74) is 1.43. The third-order valence-corrected chi connectivity index (χ3v) is 7.07. The van der Waals surface area contributed by atoms with Crippen molar-refractivity contribution < 1.29 is 9.59 Å². The molecule has 0 radical (unpaired) electrons. The van der Waals surface area contributed by atoms with Gasteiger partial charge in [0.15, 0.2) is 0 Å². The Morgan fingerprint density at radius 2 is 2.00 bits per heavy atom. The van der Waals surface area contributed by atoms with E-state index in [9.17, 15) is 9.59 Å². The molecule has 1 aliphatic carbocycles. The summed E-state index contributed by atoms with van der Waals surface area (Å²) in [6.45, 7) is 8.33. The monoisotopic (exact) mass is 425 g/mol. The number of nitrogens with one attached hydrogen (secondary N) is 3. The SMILES string of the molecule is CC1CC(C[C@H](C)NC(=O)c2cccc3nc(C(=O)NCC4CCCN4)cn23)CC1C. The lowest BCUT2D eigenvalue weighted by Crippen LogP contribution is -2.37. The lowest BCUT2D eigenvalue weighted by molar-refractivity contribution is 0.0923. The molecule has 1 saturated carbocycles. The molecule has 31 heavy (non-hydrogen) atoms. The number of pyridine rings is 1. The van der Waals surface area contributed by atoms with Gasteiger partial charge in [0, 0.05) is 24.8 Å². The number of rotatable bonds is 7. The van der Waals surface area contributed by atoms with E-state index in [2.05, 4.69) is 41.7 Å². The van der Waals surface area contributed by atoms with E-state index in [-0.39, 0.29) is 17.9 Å². The van der Waals surface area contributed by atoms with Crippen molar-refractivity contribution in [3.05, 3.63) is 35.8 Å². The summed E-state index contributed by atoms with van der Waals surface area (Å²) >= 11 is 0. The minimum atomic E-state index is -0.207. The summed E-state index contributed by atoms with van der Waals surface area (Å²) in [5.74, 6) is 1.87. The van der Waals surface area contributed by atoms with Crippen LogP contribution in [-0.4, -0.2) is 46.4 Å². The maximum atomic E-state index is 13.0. The zero-order valence-corrected chi connectivity index (χ0v) is 18.9. The Kier molecular flexibility index (Phi) is 6.60. The maximum absolute atomic E-state index is 13.0. The highest BCUT2D eigenvalue weighted by atomic mass is 16.2. The van der Waals surface area contributed by atoms with Gasteiger partial charge >= 0.3 is 0 Å². The molecule has 3 unspecified atom stereocenters. The number of imidazole rings is 1. The van der Waals surface area contributed by atoms with Crippen molar-refractivity contribution in [1.82, 2.24) is 25.3 Å². The Labute approximate surface area is 184 Å². The van der Waals surface area contributed by atoms with Gasteiger partial charge in [-0.15, -0.1) is 0 Å². The van der Waals surface area contributed by atoms with Gasteiger partial charge in [-0.05, 0) is 75.5 Å². The predicted molar refractivity (Wildman–Crippen MR) is 121 cm³/mol. The van der Waals surface area contributed by atoms with Gasteiger partial charge < -0.3 is 16.0 Å². The van der Waals surface area contributed by atoms with Crippen LogP contribution in [-0.2, 0) is 0 Å². The first-order valence-electron chi connectivity index (χ1n) is 11.7. The second-order valence-electron chi connectivity index (χ2n) is 9.67. The van der Waals surface area contributed by atoms with Crippen LogP contribution in [0, 0.1) is 17.8 Å². The van der Waals surface area contributed by atoms with Gasteiger partial charge in [0.25, 0.3) is 11.8 Å². The van der Waals surface area contributed by atoms with E-state index < -0.39 is 0 Å². The van der Waals surface area contributed by atoms with E-state index in [0.717, 1.165) is 37.6 Å². The highest BCUT2D eigenvalue weighted by Gasteiger charge is 2.29. The van der Waals surface area contributed by atoms with Gasteiger partial charge in [-0.3, -0.25) is 14.0 Å². The lowest BCUT2D eigenvalue weighted by Gasteiger charge is -2.18. The van der Waals surface area contributed by atoms with Gasteiger partial charge in [0.05, 0.1) is 0 Å². The molecule has 2 aromatic rings. The van der Waals surface area contributed by atoms with E-state index in [0.29, 0.717) is 35.5 Å². The number of amides is 2. The molecule has 2 amide bonds. The quantitative estimate of drug-likeness (QED) is 0.636. The molecule has 7 heteroatoms. The van der Waals surface area contributed by atoms with Crippen LogP contribution in [0.25, 0.3) is 5.65 Å². The Balaban J connectivity index is 1.40. The number of hydrogen-bond acceptors (Lipinski definition) is 4. The molecule has 3 heterocycles. The summed E-state index contributed by atoms with van der Waals surface area (Å²) in [4.78, 5) is 30.0. The summed E-state index contributed by atoms with van der Waals surface area (Å²) in [7, 11) is 0. The third-order valence-electron chi connectivity index (χ3n) is 7.07. The van der Waals surface area contributed by atoms with E-state index in [1.807, 2.05) is 12.1 Å². The van der Waals surface area contributed by atoms with Crippen LogP contribution in [0.5, 0.6) is 0 Å². The topological polar surface area (TPSA) is 87.5 Å². The van der Waals surface area contributed by atoms with Gasteiger partial charge in [-0.1, -0.05) is 19.9 Å². The summed E-state index contributed by atoms with van der Waals surface area (Å²) in [5, 5.41) is 9.47. The molecule has 0 bridgehead atoms. The number of fused-ring (bicyclic) bond motifs is 1. The molecule has 168 valence electrons. The smallest absolute Gasteiger partial charge is 0.271 e. The first kappa shape index (κ1) is 21.8. The molecule has 2 aliphatic rings. The van der Waals surface area contributed by atoms with Crippen molar-refractivity contribution in [3.63, 3.8) is 0 Å². The van der Waals surface area contributed by atoms with Crippen LogP contribution in [0.3, 0.4) is 0 Å². The Bertz CT molecular complexity index is 923. The maximum Gasteiger partial charge on any atom is 0.271 e. The van der Waals surface area contributed by atoms with Crippen molar-refractivity contribution in [2.24, 2.45) is 17.8 Å². The van der Waals surface area contributed by atoms with E-state index in [4.69, 9.17) is 0 Å². The predicted octanol–water partition coefficient (Wildman–Crippen LogP) is 3.01. The Hall–Kier alpha value is -2.41. The first-order chi connectivity index (χ1) is 14.9. The van der Waals surface area contributed by atoms with Gasteiger partial charge in [-0.2, -0.15) is 0 Å². The second-order valence-corrected chi connectivity index (χ2v) is 9.67. The molecule has 1 saturated heterocycles. The molecule has 0 aromatic carbocycles. The summed E-state index contributed by atoms with van der Waals surface area (Å²) < 4.78 is 1.71. The number of carbonyl (C=O) groups is 2. The molecule has 3 N–H and O–H groups in total. The number of hydrogen-bond donors (Lipinski definition) is 3. The van der Waals surface area contributed by atoms with Crippen molar-refractivity contribution in [3.8, 4) is 0 Å². The Morgan fingerprint density at radius 3 is 2.71 bits per heavy atom. The largest absolute Gasteiger partial charge is 0.349 e. The standard InChI is InChI=1S/C24H35N5O2/c1-15-10-18(11-16(15)2)12-17(3)27-24(31)21-7-4-8-22-28-20(14-29(21)22)23(30)26-13-19-6-5-9-25-19/h4,7-8,14-19,25H,5-6,9-13H2,1-3H3,(H,26,30)(H,27,31)/t15?,16?,17-,18?,19?/m0/s1. The molecule has 4 rings (SSSR count). The van der Waals surface area contributed by atoms with Gasteiger partial charge in [0.2, 0.25) is 0 Å². The fourth-order valence-corrected chi connectivity index (χ4v) is 5.20. The van der Waals surface area contributed by atoms with Crippen LogP contribution >= 0.6 is 0 Å². The van der Waals surface area contributed by atoms with Crippen molar-refractivity contribution in [2.45, 2.75) is 65.0 Å². The van der Waals surface area contributed by atoms with E-state index >= 15 is 0 Å². The van der Waals surface area contributed by atoms with Gasteiger partial charge in [-0.25, -0.2) is 4.98 Å². The van der Waals surface area contributed by atoms with Crippen molar-refractivity contribution in [2.75, 3.05) is 13.1 Å². The van der Waals surface area contributed by atoms with Crippen LogP contribution in [0.2, 0.25) is 0 Å². The molecule has 4 atom stereocenters. The zero-order valence-electron chi connectivity index (χ0n) is 18.9. The minimum Gasteiger partial charge on any atom is -0.349 e. The molecule has 0 spiro atoms. The van der Waals surface area contributed by atoms with E-state index in [1.165, 1.54) is 12.8 Å². The molecule has 2 fully saturated rings. The molecular weight excluding hydrogens is 390 g/mol. The number of nitrogens with zero attached hydrogens (tertiary/aromatic N) is 2. The average molecular weight is 426 g/mol.